The molecule has 0 saturated carbocycles. The highest BCUT2D eigenvalue weighted by Crippen LogP contribution is 2.30. The smallest absolute Gasteiger partial charge is 0.306 e. The quantitative estimate of drug-likeness (QED) is 0.0946. The Morgan fingerprint density at radius 2 is 1.67 bits per heavy atom. The predicted octanol–water partition coefficient (Wildman–Crippen LogP) is 6.08. The van der Waals surface area contributed by atoms with Crippen molar-refractivity contribution in [3.63, 3.8) is 0 Å². The molecule has 2 unspecified atom stereocenters. The van der Waals surface area contributed by atoms with Gasteiger partial charge < -0.3 is 19.3 Å². The van der Waals surface area contributed by atoms with Crippen LogP contribution in [0.3, 0.4) is 0 Å². The molecule has 1 heterocycles. The third-order valence-corrected chi connectivity index (χ3v) is 5.23. The van der Waals surface area contributed by atoms with E-state index in [2.05, 4.69) is 19.1 Å². The van der Waals surface area contributed by atoms with E-state index in [0.29, 0.717) is 18.6 Å². The van der Waals surface area contributed by atoms with E-state index in [-0.39, 0.29) is 12.6 Å². The molecule has 0 bridgehead atoms. The summed E-state index contributed by atoms with van der Waals surface area (Å²) in [5.74, 6) is -1.42. The number of rotatable bonds is 18. The van der Waals surface area contributed by atoms with E-state index in [9.17, 15) is 9.90 Å². The van der Waals surface area contributed by atoms with Crippen LogP contribution >= 0.6 is 0 Å². The molecule has 0 aromatic rings. The first kappa shape index (κ1) is 27.1. The number of aliphatic hydroxyl groups is 1. The first-order valence-corrected chi connectivity index (χ1v) is 12.0. The SMILES string of the molecule is CCCCCC1OC1C/C=C\CCCCCCCC(=O)OC(C)(C)COC(C)(C)O. The molecule has 0 spiro atoms. The van der Waals surface area contributed by atoms with Crippen LogP contribution in [0.2, 0.25) is 0 Å². The number of carbonyl (C=O) groups excluding carboxylic acids is 1. The second-order valence-electron chi connectivity index (χ2n) is 9.69. The van der Waals surface area contributed by atoms with Crippen LogP contribution in [0.4, 0.5) is 0 Å². The summed E-state index contributed by atoms with van der Waals surface area (Å²) >= 11 is 0. The molecule has 0 aromatic heterocycles. The number of allylic oxidation sites excluding steroid dienone is 1. The molecule has 0 amide bonds. The Morgan fingerprint density at radius 3 is 2.37 bits per heavy atom. The molecule has 1 rings (SSSR count). The second-order valence-corrected chi connectivity index (χ2v) is 9.69. The fourth-order valence-corrected chi connectivity index (χ4v) is 3.39. The lowest BCUT2D eigenvalue weighted by molar-refractivity contribution is -0.211. The fourth-order valence-electron chi connectivity index (χ4n) is 3.39. The van der Waals surface area contributed by atoms with E-state index in [1.54, 1.807) is 27.7 Å². The molecule has 0 radical (unpaired) electrons. The van der Waals surface area contributed by atoms with Gasteiger partial charge in [-0.05, 0) is 59.8 Å². The number of epoxide rings is 1. The van der Waals surface area contributed by atoms with Crippen molar-refractivity contribution < 1.29 is 24.1 Å². The van der Waals surface area contributed by atoms with Crippen molar-refractivity contribution >= 4 is 5.97 Å². The summed E-state index contributed by atoms with van der Waals surface area (Å²) < 4.78 is 16.5. The molecule has 0 aliphatic carbocycles. The Kier molecular flexibility index (Phi) is 12.8. The van der Waals surface area contributed by atoms with E-state index in [0.717, 1.165) is 32.1 Å². The number of esters is 1. The normalized spacial score (nSPS) is 19.4. The Morgan fingerprint density at radius 1 is 0.967 bits per heavy atom. The molecular formula is C25H46O5. The molecule has 30 heavy (non-hydrogen) atoms. The average Bonchev–Trinajstić information content (AvgIpc) is 3.39. The Bertz CT molecular complexity index is 492. The first-order chi connectivity index (χ1) is 14.1. The molecule has 5 nitrogen and oxygen atoms in total. The molecule has 0 aromatic carbocycles. The van der Waals surface area contributed by atoms with E-state index >= 15 is 0 Å². The highest BCUT2D eigenvalue weighted by atomic mass is 16.6. The van der Waals surface area contributed by atoms with Crippen molar-refractivity contribution in [3.8, 4) is 0 Å². The maximum absolute atomic E-state index is 12.0. The largest absolute Gasteiger partial charge is 0.457 e. The number of hydrogen-bond donors (Lipinski definition) is 1. The van der Waals surface area contributed by atoms with Gasteiger partial charge in [-0.3, -0.25) is 4.79 Å². The minimum atomic E-state index is -1.22. The van der Waals surface area contributed by atoms with Gasteiger partial charge in [0.15, 0.2) is 5.79 Å². The van der Waals surface area contributed by atoms with Crippen LogP contribution in [0.15, 0.2) is 12.2 Å². The zero-order chi connectivity index (χ0) is 22.5. The van der Waals surface area contributed by atoms with Gasteiger partial charge in [0, 0.05) is 6.42 Å². The van der Waals surface area contributed by atoms with Gasteiger partial charge in [-0.25, -0.2) is 0 Å². The monoisotopic (exact) mass is 426 g/mol. The number of hydrogen-bond acceptors (Lipinski definition) is 5. The minimum absolute atomic E-state index is 0.169. The standard InChI is InChI=1S/C25H46O5/c1-6-7-14-17-21-22(29-21)18-15-12-10-8-9-11-13-16-19-23(26)30-24(2,3)20-28-25(4,5)27/h12,15,21-22,27H,6-11,13-14,16-20H2,1-5H3/b15-12-. The van der Waals surface area contributed by atoms with Gasteiger partial charge in [0.2, 0.25) is 0 Å². The van der Waals surface area contributed by atoms with Crippen LogP contribution in [0, 0.1) is 0 Å². The molecule has 2 atom stereocenters. The lowest BCUT2D eigenvalue weighted by Crippen LogP contribution is -2.38. The van der Waals surface area contributed by atoms with Gasteiger partial charge in [0.05, 0.1) is 18.8 Å². The topological polar surface area (TPSA) is 68.3 Å². The van der Waals surface area contributed by atoms with Crippen molar-refractivity contribution in [2.24, 2.45) is 0 Å². The summed E-state index contributed by atoms with van der Waals surface area (Å²) in [6.45, 7) is 9.13. The van der Waals surface area contributed by atoms with Crippen molar-refractivity contribution in [2.75, 3.05) is 6.61 Å². The van der Waals surface area contributed by atoms with Crippen molar-refractivity contribution in [1.29, 1.82) is 0 Å². The van der Waals surface area contributed by atoms with Gasteiger partial charge in [0.25, 0.3) is 0 Å². The summed E-state index contributed by atoms with van der Waals surface area (Å²) in [7, 11) is 0. The first-order valence-electron chi connectivity index (χ1n) is 12.0. The molecule has 1 aliphatic rings. The van der Waals surface area contributed by atoms with Gasteiger partial charge in [0.1, 0.15) is 5.60 Å². The summed E-state index contributed by atoms with van der Waals surface area (Å²) in [6, 6.07) is 0. The summed E-state index contributed by atoms with van der Waals surface area (Å²) in [4.78, 5) is 12.0. The maximum Gasteiger partial charge on any atom is 0.306 e. The van der Waals surface area contributed by atoms with Gasteiger partial charge in [-0.15, -0.1) is 0 Å². The zero-order valence-corrected chi connectivity index (χ0v) is 20.1. The van der Waals surface area contributed by atoms with Crippen LogP contribution in [-0.2, 0) is 19.0 Å². The van der Waals surface area contributed by atoms with Crippen LogP contribution in [0.25, 0.3) is 0 Å². The van der Waals surface area contributed by atoms with E-state index in [1.165, 1.54) is 38.5 Å². The third kappa shape index (κ3) is 15.0. The number of ether oxygens (including phenoxy) is 3. The van der Waals surface area contributed by atoms with E-state index in [4.69, 9.17) is 14.2 Å². The van der Waals surface area contributed by atoms with Crippen LogP contribution in [0.5, 0.6) is 0 Å². The van der Waals surface area contributed by atoms with Crippen molar-refractivity contribution in [1.82, 2.24) is 0 Å². The Balaban J connectivity index is 1.93. The molecular weight excluding hydrogens is 380 g/mol. The summed E-state index contributed by atoms with van der Waals surface area (Å²) in [5, 5.41) is 9.61. The minimum Gasteiger partial charge on any atom is -0.457 e. The molecule has 5 heteroatoms. The van der Waals surface area contributed by atoms with Gasteiger partial charge >= 0.3 is 5.97 Å². The van der Waals surface area contributed by atoms with Crippen LogP contribution < -0.4 is 0 Å². The Hall–Kier alpha value is -0.910. The lowest BCUT2D eigenvalue weighted by atomic mass is 10.1. The average molecular weight is 427 g/mol. The van der Waals surface area contributed by atoms with Crippen LogP contribution in [0.1, 0.15) is 112 Å². The maximum atomic E-state index is 12.0. The highest BCUT2D eigenvalue weighted by Gasteiger charge is 2.36. The van der Waals surface area contributed by atoms with Crippen molar-refractivity contribution in [3.05, 3.63) is 12.2 Å². The molecule has 1 aliphatic heterocycles. The number of carbonyl (C=O) groups is 1. The molecule has 1 saturated heterocycles. The Labute approximate surface area is 184 Å². The van der Waals surface area contributed by atoms with Crippen molar-refractivity contribution in [2.45, 2.75) is 135 Å². The predicted molar refractivity (Wildman–Crippen MR) is 121 cm³/mol. The lowest BCUT2D eigenvalue weighted by Gasteiger charge is -2.28. The highest BCUT2D eigenvalue weighted by molar-refractivity contribution is 5.69. The summed E-state index contributed by atoms with van der Waals surface area (Å²) in [5.41, 5.74) is -0.732. The van der Waals surface area contributed by atoms with Gasteiger partial charge in [-0.2, -0.15) is 0 Å². The van der Waals surface area contributed by atoms with E-state index in [1.807, 2.05) is 0 Å². The molecule has 1 fully saturated rings. The zero-order valence-electron chi connectivity index (χ0n) is 20.1. The van der Waals surface area contributed by atoms with E-state index < -0.39 is 11.4 Å². The molecule has 1 N–H and O–H groups in total. The molecule has 176 valence electrons. The fraction of sp³-hybridized carbons (Fsp3) is 0.880. The summed E-state index contributed by atoms with van der Waals surface area (Å²) in [6.07, 6.45) is 18.8. The number of unbranched alkanes of at least 4 members (excludes halogenated alkanes) is 7. The van der Waals surface area contributed by atoms with Crippen LogP contribution in [-0.4, -0.2) is 41.3 Å². The third-order valence-electron chi connectivity index (χ3n) is 5.23. The van der Waals surface area contributed by atoms with Gasteiger partial charge in [-0.1, -0.05) is 57.6 Å². The second kappa shape index (κ2) is 14.2.